The van der Waals surface area contributed by atoms with Crippen LogP contribution in [0, 0.1) is 11.6 Å². The highest BCUT2D eigenvalue weighted by molar-refractivity contribution is 5.55. The zero-order valence-electron chi connectivity index (χ0n) is 11.8. The van der Waals surface area contributed by atoms with Gasteiger partial charge in [-0.25, -0.2) is 8.78 Å². The normalized spacial score (nSPS) is 12.1. The quantitative estimate of drug-likeness (QED) is 0.900. The largest absolute Gasteiger partial charge is 0.378 e. The number of benzene rings is 2. The molecule has 20 heavy (non-hydrogen) atoms. The molecule has 1 atom stereocenters. The molecule has 106 valence electrons. The first-order chi connectivity index (χ1) is 9.49. The third kappa shape index (κ3) is 3.07. The van der Waals surface area contributed by atoms with Crippen LogP contribution in [-0.2, 0) is 0 Å². The SMILES string of the molecule is CC(Nc1ccc(N(C)C)cc1)c1c(F)cccc1F. The molecule has 0 aliphatic carbocycles. The fourth-order valence-electron chi connectivity index (χ4n) is 2.10. The van der Waals surface area contributed by atoms with Gasteiger partial charge in [0, 0.05) is 31.0 Å². The summed E-state index contributed by atoms with van der Waals surface area (Å²) < 4.78 is 27.4. The fraction of sp³-hybridized carbons (Fsp3) is 0.250. The smallest absolute Gasteiger partial charge is 0.131 e. The van der Waals surface area contributed by atoms with Gasteiger partial charge in [0.05, 0.1) is 6.04 Å². The van der Waals surface area contributed by atoms with Gasteiger partial charge in [0.2, 0.25) is 0 Å². The molecule has 0 heterocycles. The Morgan fingerprint density at radius 2 is 1.50 bits per heavy atom. The Hall–Kier alpha value is -2.10. The number of anilines is 2. The Labute approximate surface area is 118 Å². The van der Waals surface area contributed by atoms with E-state index in [4.69, 9.17) is 0 Å². The minimum absolute atomic E-state index is 0.0594. The second-order valence-electron chi connectivity index (χ2n) is 4.94. The summed E-state index contributed by atoms with van der Waals surface area (Å²) in [5.41, 5.74) is 1.95. The molecule has 2 aromatic rings. The number of nitrogens with zero attached hydrogens (tertiary/aromatic N) is 1. The van der Waals surface area contributed by atoms with E-state index >= 15 is 0 Å². The molecule has 0 amide bonds. The lowest BCUT2D eigenvalue weighted by Gasteiger charge is -2.18. The first-order valence-corrected chi connectivity index (χ1v) is 6.47. The van der Waals surface area contributed by atoms with E-state index in [1.165, 1.54) is 18.2 Å². The molecule has 2 aromatic carbocycles. The summed E-state index contributed by atoms with van der Waals surface area (Å²) in [4.78, 5) is 1.99. The van der Waals surface area contributed by atoms with Crippen LogP contribution in [0.1, 0.15) is 18.5 Å². The van der Waals surface area contributed by atoms with Crippen molar-refractivity contribution in [2.24, 2.45) is 0 Å². The summed E-state index contributed by atoms with van der Waals surface area (Å²) in [6, 6.07) is 11.2. The van der Waals surface area contributed by atoms with E-state index in [2.05, 4.69) is 5.32 Å². The molecule has 2 rings (SSSR count). The van der Waals surface area contributed by atoms with Crippen LogP contribution in [0.25, 0.3) is 0 Å². The molecule has 0 saturated heterocycles. The second kappa shape index (κ2) is 5.90. The molecule has 1 unspecified atom stereocenters. The minimum Gasteiger partial charge on any atom is -0.378 e. The van der Waals surface area contributed by atoms with Crippen LogP contribution in [0.2, 0.25) is 0 Å². The van der Waals surface area contributed by atoms with Gasteiger partial charge in [-0.1, -0.05) is 6.07 Å². The van der Waals surface area contributed by atoms with Crippen molar-refractivity contribution >= 4 is 11.4 Å². The Balaban J connectivity index is 2.17. The zero-order chi connectivity index (χ0) is 14.7. The Bertz CT molecular complexity index is 559. The maximum absolute atomic E-state index is 13.7. The molecule has 0 saturated carbocycles. The number of nitrogens with one attached hydrogen (secondary N) is 1. The molecule has 0 radical (unpaired) electrons. The van der Waals surface area contributed by atoms with Gasteiger partial charge in [-0.05, 0) is 43.3 Å². The lowest BCUT2D eigenvalue weighted by Crippen LogP contribution is -2.11. The van der Waals surface area contributed by atoms with Gasteiger partial charge < -0.3 is 10.2 Å². The fourth-order valence-corrected chi connectivity index (χ4v) is 2.10. The Morgan fingerprint density at radius 3 is 2.00 bits per heavy atom. The summed E-state index contributed by atoms with van der Waals surface area (Å²) in [6.07, 6.45) is 0. The van der Waals surface area contributed by atoms with Gasteiger partial charge >= 0.3 is 0 Å². The predicted octanol–water partition coefficient (Wildman–Crippen LogP) is 4.20. The van der Waals surface area contributed by atoms with Crippen LogP contribution in [0.4, 0.5) is 20.2 Å². The highest BCUT2D eigenvalue weighted by Crippen LogP contribution is 2.25. The lowest BCUT2D eigenvalue weighted by molar-refractivity contribution is 0.544. The summed E-state index contributed by atoms with van der Waals surface area (Å²) in [6.45, 7) is 1.74. The molecule has 4 heteroatoms. The Morgan fingerprint density at radius 1 is 0.950 bits per heavy atom. The van der Waals surface area contributed by atoms with E-state index in [0.717, 1.165) is 11.4 Å². The first kappa shape index (κ1) is 14.3. The maximum Gasteiger partial charge on any atom is 0.131 e. The van der Waals surface area contributed by atoms with E-state index in [1.807, 2.05) is 43.3 Å². The van der Waals surface area contributed by atoms with Crippen LogP contribution in [0.5, 0.6) is 0 Å². The average molecular weight is 276 g/mol. The number of hydrogen-bond donors (Lipinski definition) is 1. The van der Waals surface area contributed by atoms with Gasteiger partial charge in [0.1, 0.15) is 11.6 Å². The van der Waals surface area contributed by atoms with Gasteiger partial charge in [0.15, 0.2) is 0 Å². The van der Waals surface area contributed by atoms with E-state index < -0.39 is 17.7 Å². The van der Waals surface area contributed by atoms with Crippen molar-refractivity contribution in [1.82, 2.24) is 0 Å². The molecule has 0 aliphatic rings. The van der Waals surface area contributed by atoms with Crippen molar-refractivity contribution in [2.75, 3.05) is 24.3 Å². The van der Waals surface area contributed by atoms with Crippen molar-refractivity contribution in [3.8, 4) is 0 Å². The molecule has 0 spiro atoms. The van der Waals surface area contributed by atoms with Crippen molar-refractivity contribution in [3.05, 3.63) is 59.7 Å². The van der Waals surface area contributed by atoms with E-state index in [9.17, 15) is 8.78 Å². The Kier molecular flexibility index (Phi) is 4.23. The monoisotopic (exact) mass is 276 g/mol. The average Bonchev–Trinajstić information content (AvgIpc) is 2.39. The van der Waals surface area contributed by atoms with Crippen LogP contribution in [0.3, 0.4) is 0 Å². The predicted molar refractivity (Wildman–Crippen MR) is 79.2 cm³/mol. The summed E-state index contributed by atoms with van der Waals surface area (Å²) in [7, 11) is 3.92. The van der Waals surface area contributed by atoms with Crippen LogP contribution in [-0.4, -0.2) is 14.1 Å². The summed E-state index contributed by atoms with van der Waals surface area (Å²) in [5, 5.41) is 3.11. The molecular weight excluding hydrogens is 258 g/mol. The minimum atomic E-state index is -0.532. The molecule has 2 nitrogen and oxygen atoms in total. The standard InChI is InChI=1S/C16H18F2N2/c1-11(16-14(17)5-4-6-15(16)18)19-12-7-9-13(10-8-12)20(2)3/h4-11,19H,1-3H3. The maximum atomic E-state index is 13.7. The van der Waals surface area contributed by atoms with Crippen molar-refractivity contribution < 1.29 is 8.78 Å². The van der Waals surface area contributed by atoms with E-state index in [-0.39, 0.29) is 5.56 Å². The van der Waals surface area contributed by atoms with Crippen molar-refractivity contribution in [2.45, 2.75) is 13.0 Å². The number of hydrogen-bond acceptors (Lipinski definition) is 2. The van der Waals surface area contributed by atoms with Crippen LogP contribution < -0.4 is 10.2 Å². The van der Waals surface area contributed by atoms with Crippen LogP contribution in [0.15, 0.2) is 42.5 Å². The molecular formula is C16H18F2N2. The van der Waals surface area contributed by atoms with Crippen molar-refractivity contribution in [3.63, 3.8) is 0 Å². The van der Waals surface area contributed by atoms with Gasteiger partial charge in [0.25, 0.3) is 0 Å². The van der Waals surface area contributed by atoms with Gasteiger partial charge in [-0.15, -0.1) is 0 Å². The second-order valence-corrected chi connectivity index (χ2v) is 4.94. The summed E-state index contributed by atoms with van der Waals surface area (Å²) in [5.74, 6) is -1.06. The molecule has 0 bridgehead atoms. The van der Waals surface area contributed by atoms with Gasteiger partial charge in [-0.2, -0.15) is 0 Å². The highest BCUT2D eigenvalue weighted by atomic mass is 19.1. The highest BCUT2D eigenvalue weighted by Gasteiger charge is 2.15. The van der Waals surface area contributed by atoms with Crippen molar-refractivity contribution in [1.29, 1.82) is 0 Å². The molecule has 0 fully saturated rings. The third-order valence-corrected chi connectivity index (χ3v) is 3.20. The van der Waals surface area contributed by atoms with E-state index in [1.54, 1.807) is 6.92 Å². The number of rotatable bonds is 4. The zero-order valence-corrected chi connectivity index (χ0v) is 11.8. The third-order valence-electron chi connectivity index (χ3n) is 3.20. The molecule has 1 N–H and O–H groups in total. The molecule has 0 aromatic heterocycles. The topological polar surface area (TPSA) is 15.3 Å². The summed E-state index contributed by atoms with van der Waals surface area (Å²) >= 11 is 0. The first-order valence-electron chi connectivity index (χ1n) is 6.47. The van der Waals surface area contributed by atoms with Crippen LogP contribution >= 0.6 is 0 Å². The van der Waals surface area contributed by atoms with E-state index in [0.29, 0.717) is 0 Å². The number of halogens is 2. The molecule has 0 aliphatic heterocycles. The lowest BCUT2D eigenvalue weighted by atomic mass is 10.1. The van der Waals surface area contributed by atoms with Gasteiger partial charge in [-0.3, -0.25) is 0 Å².